The number of carbonyl (C=O) groups is 2. The highest BCUT2D eigenvalue weighted by molar-refractivity contribution is 6.07. The number of ether oxygens (including phenoxy) is 2. The van der Waals surface area contributed by atoms with Gasteiger partial charge in [0.2, 0.25) is 0 Å². The number of fused-ring (bicyclic) bond motifs is 1. The topological polar surface area (TPSA) is 133 Å². The highest BCUT2D eigenvalue weighted by Gasteiger charge is 2.24. The molecular formula is C19H17FN6O4. The Labute approximate surface area is 169 Å². The molecular weight excluding hydrogens is 395 g/mol. The number of rotatable bonds is 6. The van der Waals surface area contributed by atoms with E-state index in [4.69, 9.17) is 15.2 Å². The fourth-order valence-corrected chi connectivity index (χ4v) is 2.92. The number of nitrogens with one attached hydrogen (secondary N) is 2. The van der Waals surface area contributed by atoms with Crippen molar-refractivity contribution in [2.45, 2.75) is 13.1 Å². The summed E-state index contributed by atoms with van der Waals surface area (Å²) in [6.45, 7) is -1.55. The summed E-state index contributed by atoms with van der Waals surface area (Å²) in [6, 6.07) is 7.84. The molecule has 2 amide bonds. The van der Waals surface area contributed by atoms with Crippen molar-refractivity contribution in [1.82, 2.24) is 14.8 Å². The van der Waals surface area contributed by atoms with Crippen LogP contribution in [0.3, 0.4) is 0 Å². The molecule has 0 radical (unpaired) electrons. The SMILES string of the molecule is Cn1ncc(C(=O)Nc2ccc3c(c2)OC(F)O3)c1NCc1ccnc(C(N)=O)c1. The van der Waals surface area contributed by atoms with Crippen LogP contribution in [0, 0.1) is 0 Å². The van der Waals surface area contributed by atoms with Crippen molar-refractivity contribution in [2.24, 2.45) is 12.8 Å². The number of aromatic nitrogens is 3. The van der Waals surface area contributed by atoms with Gasteiger partial charge >= 0.3 is 6.54 Å². The van der Waals surface area contributed by atoms with Crippen LogP contribution in [0.1, 0.15) is 26.4 Å². The Hall–Kier alpha value is -4.15. The van der Waals surface area contributed by atoms with Crippen molar-refractivity contribution in [3.63, 3.8) is 0 Å². The van der Waals surface area contributed by atoms with Gasteiger partial charge in [-0.1, -0.05) is 0 Å². The number of alkyl halides is 1. The van der Waals surface area contributed by atoms with Gasteiger partial charge in [0.25, 0.3) is 11.8 Å². The number of halogens is 1. The average molecular weight is 412 g/mol. The molecule has 0 fully saturated rings. The van der Waals surface area contributed by atoms with E-state index in [-0.39, 0.29) is 17.2 Å². The number of amides is 2. The fourth-order valence-electron chi connectivity index (χ4n) is 2.92. The van der Waals surface area contributed by atoms with Gasteiger partial charge in [0.1, 0.15) is 17.1 Å². The van der Waals surface area contributed by atoms with Gasteiger partial charge in [-0.15, -0.1) is 0 Å². The molecule has 0 bridgehead atoms. The number of carbonyl (C=O) groups excluding carboxylic acids is 2. The Morgan fingerprint density at radius 1 is 1.23 bits per heavy atom. The largest absolute Gasteiger partial charge is 0.425 e. The predicted molar refractivity (Wildman–Crippen MR) is 104 cm³/mol. The molecule has 1 unspecified atom stereocenters. The number of primary amides is 1. The zero-order chi connectivity index (χ0) is 21.3. The van der Waals surface area contributed by atoms with Crippen molar-refractivity contribution in [1.29, 1.82) is 0 Å². The molecule has 0 saturated heterocycles. The van der Waals surface area contributed by atoms with Crippen molar-refractivity contribution >= 4 is 23.3 Å². The molecule has 4 N–H and O–H groups in total. The van der Waals surface area contributed by atoms with E-state index in [9.17, 15) is 14.0 Å². The van der Waals surface area contributed by atoms with Crippen LogP contribution >= 0.6 is 0 Å². The van der Waals surface area contributed by atoms with Gasteiger partial charge in [0.15, 0.2) is 11.5 Å². The molecule has 0 saturated carbocycles. The third-order valence-electron chi connectivity index (χ3n) is 4.36. The van der Waals surface area contributed by atoms with Crippen LogP contribution in [0.25, 0.3) is 0 Å². The summed E-state index contributed by atoms with van der Waals surface area (Å²) < 4.78 is 24.3. The number of nitrogens with zero attached hydrogens (tertiary/aromatic N) is 3. The minimum atomic E-state index is -1.86. The molecule has 1 aromatic carbocycles. The van der Waals surface area contributed by atoms with Gasteiger partial charge in [-0.3, -0.25) is 19.3 Å². The highest BCUT2D eigenvalue weighted by atomic mass is 19.2. The Morgan fingerprint density at radius 3 is 2.83 bits per heavy atom. The van der Waals surface area contributed by atoms with E-state index in [1.807, 2.05) is 0 Å². The minimum Gasteiger partial charge on any atom is -0.425 e. The Balaban J connectivity index is 1.48. The lowest BCUT2D eigenvalue weighted by atomic mass is 10.2. The molecule has 4 rings (SSSR count). The summed E-state index contributed by atoms with van der Waals surface area (Å²) in [7, 11) is 1.68. The maximum absolute atomic E-state index is 13.1. The molecule has 11 heteroatoms. The van der Waals surface area contributed by atoms with Crippen LogP contribution < -0.4 is 25.8 Å². The first kappa shape index (κ1) is 19.2. The Bertz CT molecular complexity index is 1130. The molecule has 30 heavy (non-hydrogen) atoms. The zero-order valence-corrected chi connectivity index (χ0v) is 15.8. The normalized spacial score (nSPS) is 14.4. The number of anilines is 2. The number of hydrogen-bond acceptors (Lipinski definition) is 7. The second-order valence-electron chi connectivity index (χ2n) is 6.42. The predicted octanol–water partition coefficient (Wildman–Crippen LogP) is 1.80. The van der Waals surface area contributed by atoms with E-state index in [0.717, 1.165) is 5.56 Å². The molecule has 1 aliphatic heterocycles. The van der Waals surface area contributed by atoms with Gasteiger partial charge in [-0.2, -0.15) is 9.49 Å². The van der Waals surface area contributed by atoms with Crippen LogP contribution in [-0.2, 0) is 13.6 Å². The summed E-state index contributed by atoms with van der Waals surface area (Å²) in [4.78, 5) is 27.9. The monoisotopic (exact) mass is 412 g/mol. The van der Waals surface area contributed by atoms with E-state index in [1.165, 1.54) is 29.2 Å². The fraction of sp³-hybridized carbons (Fsp3) is 0.158. The molecule has 10 nitrogen and oxygen atoms in total. The first-order valence-electron chi connectivity index (χ1n) is 8.84. The van der Waals surface area contributed by atoms with E-state index >= 15 is 0 Å². The first-order valence-corrected chi connectivity index (χ1v) is 8.84. The number of hydrogen-bond donors (Lipinski definition) is 3. The molecule has 0 spiro atoms. The van der Waals surface area contributed by atoms with Crippen molar-refractivity contribution in [2.75, 3.05) is 10.6 Å². The lowest BCUT2D eigenvalue weighted by Crippen LogP contribution is -2.16. The molecule has 2 aromatic heterocycles. The van der Waals surface area contributed by atoms with Gasteiger partial charge in [0, 0.05) is 31.5 Å². The minimum absolute atomic E-state index is 0.149. The van der Waals surface area contributed by atoms with Crippen LogP contribution in [0.5, 0.6) is 11.5 Å². The third kappa shape index (κ3) is 3.85. The number of aryl methyl sites for hydroxylation is 1. The lowest BCUT2D eigenvalue weighted by Gasteiger charge is -2.11. The van der Waals surface area contributed by atoms with Crippen molar-refractivity contribution in [3.05, 3.63) is 59.5 Å². The third-order valence-corrected chi connectivity index (χ3v) is 4.36. The summed E-state index contributed by atoms with van der Waals surface area (Å²) in [5.74, 6) is -0.117. The van der Waals surface area contributed by atoms with Crippen LogP contribution in [0.2, 0.25) is 0 Å². The van der Waals surface area contributed by atoms with Gasteiger partial charge < -0.3 is 25.8 Å². The highest BCUT2D eigenvalue weighted by Crippen LogP contribution is 2.37. The molecule has 154 valence electrons. The standard InChI is InChI=1S/C19H17FN6O4/c1-26-17(23-8-10-4-5-22-13(6-10)16(21)27)12(9-24-26)18(28)25-11-2-3-14-15(7-11)30-19(20)29-14/h2-7,9,19,23H,8H2,1H3,(H2,21,27)(H,25,28). The maximum atomic E-state index is 13.1. The number of benzene rings is 1. The van der Waals surface area contributed by atoms with Crippen LogP contribution in [-0.4, -0.2) is 33.1 Å². The summed E-state index contributed by atoms with van der Waals surface area (Å²) in [5, 5.41) is 9.96. The Morgan fingerprint density at radius 2 is 2.03 bits per heavy atom. The summed E-state index contributed by atoms with van der Waals surface area (Å²) >= 11 is 0. The van der Waals surface area contributed by atoms with E-state index in [2.05, 4.69) is 20.7 Å². The second kappa shape index (κ2) is 7.70. The quantitative estimate of drug-likeness (QED) is 0.562. The Kier molecular flexibility index (Phi) is 4.92. The first-order chi connectivity index (χ1) is 14.4. The maximum Gasteiger partial charge on any atom is 0.397 e. The molecule has 1 atom stereocenters. The van der Waals surface area contributed by atoms with E-state index < -0.39 is 18.4 Å². The van der Waals surface area contributed by atoms with Gasteiger partial charge in [-0.05, 0) is 29.8 Å². The van der Waals surface area contributed by atoms with Crippen LogP contribution in [0.15, 0.2) is 42.7 Å². The van der Waals surface area contributed by atoms with Gasteiger partial charge in [0.05, 0.1) is 6.20 Å². The van der Waals surface area contributed by atoms with Gasteiger partial charge in [-0.25, -0.2) is 0 Å². The van der Waals surface area contributed by atoms with Crippen molar-refractivity contribution < 1.29 is 23.5 Å². The molecule has 1 aliphatic rings. The zero-order valence-electron chi connectivity index (χ0n) is 15.8. The summed E-state index contributed by atoms with van der Waals surface area (Å²) in [6.07, 6.45) is 2.90. The van der Waals surface area contributed by atoms with E-state index in [0.29, 0.717) is 23.6 Å². The summed E-state index contributed by atoms with van der Waals surface area (Å²) in [5.41, 5.74) is 6.85. The lowest BCUT2D eigenvalue weighted by molar-refractivity contribution is -0.0652. The second-order valence-corrected chi connectivity index (χ2v) is 6.42. The van der Waals surface area contributed by atoms with E-state index in [1.54, 1.807) is 25.2 Å². The average Bonchev–Trinajstić information content (AvgIpc) is 3.27. The van der Waals surface area contributed by atoms with Crippen LogP contribution in [0.4, 0.5) is 15.9 Å². The smallest absolute Gasteiger partial charge is 0.397 e. The van der Waals surface area contributed by atoms with Crippen molar-refractivity contribution in [3.8, 4) is 11.5 Å². The molecule has 3 heterocycles. The number of nitrogens with two attached hydrogens (primary N) is 1. The number of pyridine rings is 1. The molecule has 3 aromatic rings. The molecule has 0 aliphatic carbocycles.